The van der Waals surface area contributed by atoms with Gasteiger partial charge in [0.2, 0.25) is 0 Å². The molecule has 0 spiro atoms. The normalized spacial score (nSPS) is 11.8. The van der Waals surface area contributed by atoms with Crippen LogP contribution in [0.5, 0.6) is 5.75 Å². The van der Waals surface area contributed by atoms with Crippen molar-refractivity contribution in [2.45, 2.75) is 12.8 Å². The molecule has 3 aromatic rings. The first-order chi connectivity index (χ1) is 12.2. The van der Waals surface area contributed by atoms with E-state index in [-0.39, 0.29) is 11.8 Å². The molecule has 0 saturated carbocycles. The van der Waals surface area contributed by atoms with Crippen molar-refractivity contribution in [1.29, 1.82) is 0 Å². The summed E-state index contributed by atoms with van der Waals surface area (Å²) in [6, 6.07) is 19.4. The van der Waals surface area contributed by atoms with E-state index < -0.39 is 0 Å². The van der Waals surface area contributed by atoms with E-state index in [1.54, 1.807) is 13.2 Å². The quantitative estimate of drug-likeness (QED) is 0.723. The minimum Gasteiger partial charge on any atom is -0.497 e. The first-order valence-electron chi connectivity index (χ1n) is 8.20. The van der Waals surface area contributed by atoms with Gasteiger partial charge < -0.3 is 10.1 Å². The van der Waals surface area contributed by atoms with Gasteiger partial charge in [-0.25, -0.2) is 0 Å². The molecule has 1 atom stereocenters. The van der Waals surface area contributed by atoms with Gasteiger partial charge in [0.15, 0.2) is 0 Å². The maximum Gasteiger partial charge on any atom is 0.269 e. The van der Waals surface area contributed by atoms with Gasteiger partial charge in [0.1, 0.15) is 11.4 Å². The number of rotatable bonds is 6. The van der Waals surface area contributed by atoms with E-state index in [0.29, 0.717) is 17.9 Å². The van der Waals surface area contributed by atoms with Crippen LogP contribution in [-0.4, -0.2) is 29.8 Å². The van der Waals surface area contributed by atoms with Crippen LogP contribution in [0.2, 0.25) is 0 Å². The molecule has 2 aromatic carbocycles. The molecule has 0 aliphatic carbocycles. The van der Waals surface area contributed by atoms with E-state index in [1.807, 2.05) is 42.5 Å². The number of nitrogens with zero attached hydrogens (tertiary/aromatic N) is 1. The molecule has 2 N–H and O–H groups in total. The standard InChI is InChI=1S/C20H21N3O2/c1-14(15-7-4-3-5-8-15)13-21-20(24)19-12-18(22-23-19)16-9-6-10-17(11-16)25-2/h3-12,14H,13H2,1-2H3,(H,21,24)(H,22,23). The third-order valence-electron chi connectivity index (χ3n) is 4.13. The molecule has 0 fully saturated rings. The number of benzene rings is 2. The lowest BCUT2D eigenvalue weighted by Crippen LogP contribution is -2.27. The molecule has 0 saturated heterocycles. The molecule has 1 aromatic heterocycles. The van der Waals surface area contributed by atoms with Crippen molar-refractivity contribution >= 4 is 5.91 Å². The van der Waals surface area contributed by atoms with E-state index in [1.165, 1.54) is 5.56 Å². The Bertz CT molecular complexity index is 843. The largest absolute Gasteiger partial charge is 0.497 e. The molecule has 1 heterocycles. The summed E-state index contributed by atoms with van der Waals surface area (Å²) < 4.78 is 5.22. The zero-order chi connectivity index (χ0) is 17.6. The van der Waals surface area contributed by atoms with Crippen molar-refractivity contribution in [1.82, 2.24) is 15.5 Å². The third kappa shape index (κ3) is 4.07. The predicted octanol–water partition coefficient (Wildman–Crippen LogP) is 3.62. The summed E-state index contributed by atoms with van der Waals surface area (Å²) in [6.07, 6.45) is 0. The summed E-state index contributed by atoms with van der Waals surface area (Å²) in [4.78, 5) is 12.3. The number of aromatic nitrogens is 2. The van der Waals surface area contributed by atoms with Crippen LogP contribution in [0, 0.1) is 0 Å². The van der Waals surface area contributed by atoms with Crippen LogP contribution in [-0.2, 0) is 0 Å². The van der Waals surface area contributed by atoms with Crippen LogP contribution in [0.4, 0.5) is 0 Å². The molecule has 0 aliphatic heterocycles. The fourth-order valence-electron chi connectivity index (χ4n) is 2.61. The summed E-state index contributed by atoms with van der Waals surface area (Å²) in [6.45, 7) is 2.65. The fourth-order valence-corrected chi connectivity index (χ4v) is 2.61. The number of aromatic amines is 1. The zero-order valence-corrected chi connectivity index (χ0v) is 14.3. The van der Waals surface area contributed by atoms with E-state index in [9.17, 15) is 4.79 Å². The van der Waals surface area contributed by atoms with Crippen LogP contribution in [0.1, 0.15) is 28.9 Å². The van der Waals surface area contributed by atoms with Gasteiger partial charge in [-0.3, -0.25) is 9.89 Å². The highest BCUT2D eigenvalue weighted by atomic mass is 16.5. The van der Waals surface area contributed by atoms with Gasteiger partial charge in [0, 0.05) is 12.1 Å². The van der Waals surface area contributed by atoms with Gasteiger partial charge in [-0.15, -0.1) is 0 Å². The average molecular weight is 335 g/mol. The Kier molecular flexibility index (Phi) is 5.14. The van der Waals surface area contributed by atoms with Gasteiger partial charge in [0.25, 0.3) is 5.91 Å². The summed E-state index contributed by atoms with van der Waals surface area (Å²) in [7, 11) is 1.62. The van der Waals surface area contributed by atoms with Crippen molar-refractivity contribution in [2.75, 3.05) is 13.7 Å². The second kappa shape index (κ2) is 7.66. The van der Waals surface area contributed by atoms with E-state index in [2.05, 4.69) is 34.6 Å². The molecule has 0 radical (unpaired) electrons. The summed E-state index contributed by atoms with van der Waals surface area (Å²) in [5.74, 6) is 0.832. The molecule has 1 amide bonds. The molecular weight excluding hydrogens is 314 g/mol. The van der Waals surface area contributed by atoms with Crippen LogP contribution >= 0.6 is 0 Å². The number of H-pyrrole nitrogens is 1. The average Bonchev–Trinajstić information content (AvgIpc) is 3.17. The number of nitrogens with one attached hydrogen (secondary N) is 2. The Balaban J connectivity index is 1.64. The van der Waals surface area contributed by atoms with Crippen LogP contribution < -0.4 is 10.1 Å². The molecule has 25 heavy (non-hydrogen) atoms. The Hall–Kier alpha value is -3.08. The van der Waals surface area contributed by atoms with Crippen LogP contribution in [0.15, 0.2) is 60.7 Å². The monoisotopic (exact) mass is 335 g/mol. The minimum atomic E-state index is -0.163. The first-order valence-corrected chi connectivity index (χ1v) is 8.20. The Morgan fingerprint density at radius 2 is 1.96 bits per heavy atom. The number of hydrogen-bond donors (Lipinski definition) is 2. The number of hydrogen-bond acceptors (Lipinski definition) is 3. The number of carbonyl (C=O) groups is 1. The maximum atomic E-state index is 12.3. The number of methoxy groups -OCH3 is 1. The van der Waals surface area contributed by atoms with Crippen molar-refractivity contribution in [3.63, 3.8) is 0 Å². The van der Waals surface area contributed by atoms with E-state index in [4.69, 9.17) is 4.74 Å². The topological polar surface area (TPSA) is 67.0 Å². The Morgan fingerprint density at radius 1 is 1.16 bits per heavy atom. The summed E-state index contributed by atoms with van der Waals surface area (Å²) >= 11 is 0. The van der Waals surface area contributed by atoms with Gasteiger partial charge in [-0.1, -0.05) is 49.4 Å². The fraction of sp³-hybridized carbons (Fsp3) is 0.200. The highest BCUT2D eigenvalue weighted by Gasteiger charge is 2.13. The smallest absolute Gasteiger partial charge is 0.269 e. The molecule has 5 heteroatoms. The molecule has 0 bridgehead atoms. The molecule has 0 aliphatic rings. The van der Waals surface area contributed by atoms with Crippen molar-refractivity contribution in [2.24, 2.45) is 0 Å². The van der Waals surface area contributed by atoms with Crippen molar-refractivity contribution in [3.8, 4) is 17.0 Å². The lowest BCUT2D eigenvalue weighted by Gasteiger charge is -2.12. The molecule has 1 unspecified atom stereocenters. The second-order valence-corrected chi connectivity index (χ2v) is 5.92. The number of amides is 1. The minimum absolute atomic E-state index is 0.163. The SMILES string of the molecule is COc1cccc(-c2cc(C(=O)NCC(C)c3ccccc3)[nH]n2)c1. The number of ether oxygens (including phenoxy) is 1. The lowest BCUT2D eigenvalue weighted by atomic mass is 10.0. The Morgan fingerprint density at radius 3 is 2.72 bits per heavy atom. The highest BCUT2D eigenvalue weighted by molar-refractivity contribution is 5.93. The predicted molar refractivity (Wildman–Crippen MR) is 97.8 cm³/mol. The maximum absolute atomic E-state index is 12.3. The van der Waals surface area contributed by atoms with Crippen molar-refractivity contribution < 1.29 is 9.53 Å². The van der Waals surface area contributed by atoms with E-state index in [0.717, 1.165) is 11.3 Å². The molecule has 128 valence electrons. The van der Waals surface area contributed by atoms with Gasteiger partial charge >= 0.3 is 0 Å². The lowest BCUT2D eigenvalue weighted by molar-refractivity contribution is 0.0946. The van der Waals surface area contributed by atoms with Crippen LogP contribution in [0.25, 0.3) is 11.3 Å². The van der Waals surface area contributed by atoms with Gasteiger partial charge in [-0.2, -0.15) is 5.10 Å². The summed E-state index contributed by atoms with van der Waals surface area (Å²) in [5.41, 5.74) is 3.25. The molecule has 5 nitrogen and oxygen atoms in total. The third-order valence-corrected chi connectivity index (χ3v) is 4.13. The van der Waals surface area contributed by atoms with Gasteiger partial charge in [0.05, 0.1) is 12.8 Å². The Labute approximate surface area is 147 Å². The molecule has 3 rings (SSSR count). The van der Waals surface area contributed by atoms with E-state index >= 15 is 0 Å². The van der Waals surface area contributed by atoms with Crippen LogP contribution in [0.3, 0.4) is 0 Å². The zero-order valence-electron chi connectivity index (χ0n) is 14.3. The highest BCUT2D eigenvalue weighted by Crippen LogP contribution is 2.22. The molecular formula is C20H21N3O2. The van der Waals surface area contributed by atoms with Gasteiger partial charge in [-0.05, 0) is 29.7 Å². The summed E-state index contributed by atoms with van der Waals surface area (Å²) in [5, 5.41) is 9.98. The second-order valence-electron chi connectivity index (χ2n) is 5.92. The van der Waals surface area contributed by atoms with Crippen molar-refractivity contribution in [3.05, 3.63) is 71.9 Å². The number of carbonyl (C=O) groups excluding carboxylic acids is 1. The first kappa shape index (κ1) is 16.8.